The summed E-state index contributed by atoms with van der Waals surface area (Å²) in [7, 11) is -3.67. The number of rotatable bonds is 1. The van der Waals surface area contributed by atoms with E-state index in [2.05, 4.69) is 0 Å². The molecule has 20 heavy (non-hydrogen) atoms. The number of halogens is 4. The van der Waals surface area contributed by atoms with Crippen LogP contribution in [0.2, 0.25) is 0 Å². The summed E-state index contributed by atoms with van der Waals surface area (Å²) in [6.07, 6.45) is 0.493. The average Bonchev–Trinajstić information content (AvgIpc) is 2.32. The first kappa shape index (κ1) is 31.3. The van der Waals surface area contributed by atoms with Crippen molar-refractivity contribution in [3.63, 3.8) is 0 Å². The van der Waals surface area contributed by atoms with E-state index in [0.717, 1.165) is 5.56 Å². The minimum Gasteiger partial charge on any atom is -0.255 e. The molecule has 0 unspecified atom stereocenters. The second-order valence-corrected chi connectivity index (χ2v) is 3.93. The number of alkyl halides is 3. The lowest BCUT2D eigenvalue weighted by Gasteiger charge is -1.87. The van der Waals surface area contributed by atoms with Gasteiger partial charge in [0.15, 0.2) is 0 Å². The van der Waals surface area contributed by atoms with Crippen LogP contribution in [0.3, 0.4) is 0 Å². The van der Waals surface area contributed by atoms with Crippen LogP contribution in [0.15, 0.2) is 30.3 Å². The molecular weight excluding hydrogens is 296 g/mol. The molecule has 0 saturated carbocycles. The van der Waals surface area contributed by atoms with Gasteiger partial charge in [0.05, 0.1) is 20.1 Å². The molecule has 0 aliphatic rings. The van der Waals surface area contributed by atoms with Gasteiger partial charge in [0.1, 0.15) is 6.67 Å². The molecule has 1 aromatic carbocycles. The smallest absolute Gasteiger partial charge is 0.255 e. The quantitative estimate of drug-likeness (QED) is 0.544. The van der Waals surface area contributed by atoms with Gasteiger partial charge in [-0.2, -0.15) is 8.42 Å². The third-order valence-corrected chi connectivity index (χ3v) is 0.997. The van der Waals surface area contributed by atoms with E-state index in [1.54, 1.807) is 12.1 Å². The van der Waals surface area contributed by atoms with Gasteiger partial charge in [-0.3, -0.25) is 8.78 Å². The van der Waals surface area contributed by atoms with Gasteiger partial charge in [-0.25, -0.2) is 4.39 Å². The van der Waals surface area contributed by atoms with Crippen LogP contribution in [0.4, 0.5) is 17.1 Å². The minimum absolute atomic E-state index is 0. The molecule has 0 saturated heterocycles. The Morgan fingerprint density at radius 2 is 1.25 bits per heavy atom. The third-order valence-electron chi connectivity index (χ3n) is 0.997. The fraction of sp³-hybridized carbons (Fsp3) is 0.538. The average molecular weight is 322 g/mol. The highest BCUT2D eigenvalue weighted by Gasteiger charge is 1.86. The SMILES string of the molecule is C.C.CCF.CF.CS(=O)(=O)F.FCc1ccccc1. The van der Waals surface area contributed by atoms with E-state index in [-0.39, 0.29) is 28.2 Å². The summed E-state index contributed by atoms with van der Waals surface area (Å²) in [6.45, 7) is 0.848. The van der Waals surface area contributed by atoms with Crippen LogP contribution in [-0.2, 0) is 16.9 Å². The van der Waals surface area contributed by atoms with Crippen molar-refractivity contribution in [2.24, 2.45) is 0 Å². The summed E-state index contributed by atoms with van der Waals surface area (Å²) in [5.74, 6) is 0. The standard InChI is InChI=1S/C7H7F.C2H5F.CH3FO2S.CH3F.2CH4/c8-6-7-4-2-1-3-5-7;1-2-3;1-5(2,3)4;1-2;;/h1-5H,6H2;2H2,1H3;1H3;1H3;2*1H4. The van der Waals surface area contributed by atoms with Gasteiger partial charge in [-0.15, -0.1) is 3.89 Å². The summed E-state index contributed by atoms with van der Waals surface area (Å²) in [5.41, 5.74) is 0.743. The Bertz CT molecular complexity index is 335. The molecule has 0 aromatic heterocycles. The molecular formula is C13H26F4O2S. The molecule has 1 rings (SSSR count). The molecule has 0 bridgehead atoms. The fourth-order valence-corrected chi connectivity index (χ4v) is 0.567. The first-order chi connectivity index (χ1) is 8.35. The van der Waals surface area contributed by atoms with Crippen LogP contribution in [0.5, 0.6) is 0 Å². The van der Waals surface area contributed by atoms with E-state index in [4.69, 9.17) is 8.42 Å². The summed E-state index contributed by atoms with van der Waals surface area (Å²) >= 11 is 0. The Kier molecular flexibility index (Phi) is 36.1. The molecule has 0 heterocycles. The number of benzene rings is 1. The van der Waals surface area contributed by atoms with E-state index in [9.17, 15) is 17.1 Å². The molecule has 0 amide bonds. The van der Waals surface area contributed by atoms with Gasteiger partial charge >= 0.3 is 0 Å². The molecule has 1 aromatic rings. The van der Waals surface area contributed by atoms with Gasteiger partial charge in [0, 0.05) is 0 Å². The largest absolute Gasteiger partial charge is 0.299 e. The van der Waals surface area contributed by atoms with Gasteiger partial charge in [0.2, 0.25) is 0 Å². The first-order valence-electron chi connectivity index (χ1n) is 4.78. The maximum absolute atomic E-state index is 11.7. The molecule has 2 nitrogen and oxygen atoms in total. The van der Waals surface area contributed by atoms with Crippen LogP contribution in [0.25, 0.3) is 0 Å². The zero-order valence-corrected chi connectivity index (χ0v) is 11.4. The fourth-order valence-electron chi connectivity index (χ4n) is 0.567. The van der Waals surface area contributed by atoms with Crippen molar-refractivity contribution in [2.45, 2.75) is 28.5 Å². The van der Waals surface area contributed by atoms with E-state index in [1.165, 1.54) is 6.92 Å². The van der Waals surface area contributed by atoms with E-state index >= 15 is 0 Å². The van der Waals surface area contributed by atoms with Crippen LogP contribution in [0.1, 0.15) is 27.3 Å². The Morgan fingerprint density at radius 3 is 1.40 bits per heavy atom. The topological polar surface area (TPSA) is 34.1 Å². The van der Waals surface area contributed by atoms with Crippen molar-refractivity contribution in [1.29, 1.82) is 0 Å². The molecule has 0 spiro atoms. The van der Waals surface area contributed by atoms with Crippen LogP contribution in [-0.4, -0.2) is 28.5 Å². The van der Waals surface area contributed by atoms with Crippen molar-refractivity contribution in [3.05, 3.63) is 35.9 Å². The van der Waals surface area contributed by atoms with E-state index in [0.29, 0.717) is 13.4 Å². The highest BCUT2D eigenvalue weighted by molar-refractivity contribution is 7.85. The monoisotopic (exact) mass is 322 g/mol. The number of hydrogen-bond acceptors (Lipinski definition) is 2. The zero-order chi connectivity index (χ0) is 15.0. The molecule has 0 N–H and O–H groups in total. The van der Waals surface area contributed by atoms with Gasteiger partial charge in [0.25, 0.3) is 10.2 Å². The Morgan fingerprint density at radius 1 is 1.00 bits per heavy atom. The van der Waals surface area contributed by atoms with Gasteiger partial charge in [-0.1, -0.05) is 45.2 Å². The molecule has 0 radical (unpaired) electrons. The molecule has 0 atom stereocenters. The number of hydrogen-bond donors (Lipinski definition) is 0. The highest BCUT2D eigenvalue weighted by Crippen LogP contribution is 1.98. The van der Waals surface area contributed by atoms with Crippen molar-refractivity contribution in [1.82, 2.24) is 0 Å². The normalized spacial score (nSPS) is 7.75. The molecule has 124 valence electrons. The van der Waals surface area contributed by atoms with Crippen LogP contribution in [0, 0.1) is 0 Å². The molecule has 7 heteroatoms. The van der Waals surface area contributed by atoms with Crippen molar-refractivity contribution >= 4 is 10.2 Å². The lowest BCUT2D eigenvalue weighted by atomic mass is 10.2. The summed E-state index contributed by atoms with van der Waals surface area (Å²) in [4.78, 5) is 0. The first-order valence-corrected chi connectivity index (χ1v) is 6.57. The van der Waals surface area contributed by atoms with E-state index in [1.807, 2.05) is 18.2 Å². The lowest BCUT2D eigenvalue weighted by molar-refractivity contribution is 0.485. The summed E-state index contributed by atoms with van der Waals surface area (Å²) < 4.78 is 60.1. The molecule has 0 aliphatic heterocycles. The molecule has 0 aliphatic carbocycles. The van der Waals surface area contributed by atoms with E-state index < -0.39 is 10.2 Å². The maximum Gasteiger partial charge on any atom is 0.299 e. The Labute approximate surface area is 121 Å². The van der Waals surface area contributed by atoms with Crippen LogP contribution < -0.4 is 0 Å². The second kappa shape index (κ2) is 23.0. The summed E-state index contributed by atoms with van der Waals surface area (Å²) in [6, 6.07) is 9.06. The molecule has 0 fully saturated rings. The summed E-state index contributed by atoms with van der Waals surface area (Å²) in [5, 5.41) is 0. The zero-order valence-electron chi connectivity index (χ0n) is 10.5. The lowest BCUT2D eigenvalue weighted by Crippen LogP contribution is -1.78. The van der Waals surface area contributed by atoms with Gasteiger partial charge < -0.3 is 0 Å². The van der Waals surface area contributed by atoms with Crippen LogP contribution >= 0.6 is 0 Å². The van der Waals surface area contributed by atoms with Crippen molar-refractivity contribution in [2.75, 3.05) is 20.1 Å². The van der Waals surface area contributed by atoms with Crippen molar-refractivity contribution < 1.29 is 25.5 Å². The minimum atomic E-state index is -4.17. The third kappa shape index (κ3) is 54.0. The maximum atomic E-state index is 11.7. The van der Waals surface area contributed by atoms with Gasteiger partial charge in [-0.05, 0) is 12.5 Å². The predicted octanol–water partition coefficient (Wildman–Crippen LogP) is 4.91. The predicted molar refractivity (Wildman–Crippen MR) is 79.3 cm³/mol. The second-order valence-electron chi connectivity index (χ2n) is 2.57. The Balaban J connectivity index is -0.0000000553. The Hall–Kier alpha value is -1.11. The van der Waals surface area contributed by atoms with Crippen molar-refractivity contribution in [3.8, 4) is 0 Å². The highest BCUT2D eigenvalue weighted by atomic mass is 32.3.